The molecule has 9 heteroatoms. The van der Waals surface area contributed by atoms with Gasteiger partial charge in [-0.15, -0.1) is 0 Å². The predicted molar refractivity (Wildman–Crippen MR) is 107 cm³/mol. The van der Waals surface area contributed by atoms with Crippen molar-refractivity contribution in [3.8, 4) is 5.75 Å². The third kappa shape index (κ3) is 5.97. The second-order valence-corrected chi connectivity index (χ2v) is 8.11. The molecule has 0 atom stereocenters. The van der Waals surface area contributed by atoms with Crippen LogP contribution in [-0.2, 0) is 14.8 Å². The first-order valence-electron chi connectivity index (χ1n) is 7.90. The minimum Gasteiger partial charge on any atom is -0.495 e. The fourth-order valence-corrected chi connectivity index (χ4v) is 3.31. The maximum Gasteiger partial charge on any atom is 0.260 e. The van der Waals surface area contributed by atoms with Gasteiger partial charge in [0.2, 0.25) is 10.0 Å². The summed E-state index contributed by atoms with van der Waals surface area (Å²) < 4.78 is 30.2. The highest BCUT2D eigenvalue weighted by atomic mass is 35.5. The highest BCUT2D eigenvalue weighted by Gasteiger charge is 2.21. The van der Waals surface area contributed by atoms with Crippen LogP contribution in [0.5, 0.6) is 5.75 Å². The van der Waals surface area contributed by atoms with E-state index in [2.05, 4.69) is 10.5 Å². The molecule has 0 radical (unpaired) electrons. The third-order valence-electron chi connectivity index (χ3n) is 3.59. The second-order valence-electron chi connectivity index (χ2n) is 5.79. The predicted octanol–water partition coefficient (Wildman–Crippen LogP) is 2.57. The molecule has 2 aromatic carbocycles. The van der Waals surface area contributed by atoms with Gasteiger partial charge in [0.25, 0.3) is 5.91 Å². The number of halogens is 1. The van der Waals surface area contributed by atoms with E-state index >= 15 is 0 Å². The molecule has 0 heterocycles. The Morgan fingerprint density at radius 1 is 1.26 bits per heavy atom. The number of nitrogens with zero attached hydrogens (tertiary/aromatic N) is 2. The number of sulfonamides is 1. The van der Waals surface area contributed by atoms with Crippen molar-refractivity contribution >= 4 is 39.4 Å². The molecule has 0 unspecified atom stereocenters. The van der Waals surface area contributed by atoms with Crippen LogP contribution in [0.3, 0.4) is 0 Å². The van der Waals surface area contributed by atoms with E-state index in [4.69, 9.17) is 16.3 Å². The van der Waals surface area contributed by atoms with E-state index in [-0.39, 0.29) is 10.7 Å². The van der Waals surface area contributed by atoms with Crippen LogP contribution in [-0.4, -0.2) is 40.4 Å². The molecule has 0 aromatic heterocycles. The Morgan fingerprint density at radius 2 is 1.93 bits per heavy atom. The first-order chi connectivity index (χ1) is 12.7. The molecular formula is C18H20ClN3O4S. The number of amides is 1. The number of methoxy groups -OCH3 is 1. The number of aryl methyl sites for hydroxylation is 1. The van der Waals surface area contributed by atoms with Gasteiger partial charge in [-0.2, -0.15) is 5.10 Å². The smallest absolute Gasteiger partial charge is 0.260 e. The van der Waals surface area contributed by atoms with Gasteiger partial charge in [-0.05, 0) is 30.7 Å². The Morgan fingerprint density at radius 3 is 2.48 bits per heavy atom. The molecular weight excluding hydrogens is 390 g/mol. The van der Waals surface area contributed by atoms with Crippen LogP contribution in [0.25, 0.3) is 0 Å². The average Bonchev–Trinajstić information content (AvgIpc) is 2.60. The molecule has 1 N–H and O–H groups in total. The largest absolute Gasteiger partial charge is 0.495 e. The Labute approximate surface area is 163 Å². The minimum atomic E-state index is -3.71. The number of carbonyl (C=O) groups excluding carboxylic acids is 1. The molecule has 1 amide bonds. The molecule has 2 aromatic rings. The van der Waals surface area contributed by atoms with Crippen molar-refractivity contribution in [1.29, 1.82) is 0 Å². The summed E-state index contributed by atoms with van der Waals surface area (Å²) in [5, 5.41) is 4.09. The molecule has 0 aliphatic carbocycles. The summed E-state index contributed by atoms with van der Waals surface area (Å²) >= 11 is 6.05. The second kappa shape index (κ2) is 8.88. The molecule has 0 saturated heterocycles. The summed E-state index contributed by atoms with van der Waals surface area (Å²) in [5.74, 6) is -0.184. The van der Waals surface area contributed by atoms with Gasteiger partial charge in [0.05, 0.1) is 30.3 Å². The lowest BCUT2D eigenvalue weighted by molar-refractivity contribution is -0.119. The molecule has 2 rings (SSSR count). The molecule has 0 spiro atoms. The topological polar surface area (TPSA) is 88.1 Å². The van der Waals surface area contributed by atoms with Crippen molar-refractivity contribution in [1.82, 2.24) is 5.43 Å². The number of hydrazone groups is 1. The molecule has 0 saturated carbocycles. The maximum atomic E-state index is 12.1. The van der Waals surface area contributed by atoms with E-state index < -0.39 is 22.5 Å². The summed E-state index contributed by atoms with van der Waals surface area (Å²) in [5.41, 5.74) is 4.49. The Kier molecular flexibility index (Phi) is 6.81. The van der Waals surface area contributed by atoms with Crippen LogP contribution in [0.15, 0.2) is 47.6 Å². The van der Waals surface area contributed by atoms with Gasteiger partial charge in [-0.3, -0.25) is 9.10 Å². The van der Waals surface area contributed by atoms with E-state index in [1.807, 2.05) is 31.2 Å². The third-order valence-corrected chi connectivity index (χ3v) is 5.03. The maximum absolute atomic E-state index is 12.1. The zero-order chi connectivity index (χ0) is 20.0. The van der Waals surface area contributed by atoms with Gasteiger partial charge in [-0.25, -0.2) is 13.8 Å². The van der Waals surface area contributed by atoms with Gasteiger partial charge in [0.15, 0.2) is 0 Å². The quantitative estimate of drug-likeness (QED) is 0.562. The van der Waals surface area contributed by atoms with Gasteiger partial charge in [0.1, 0.15) is 12.3 Å². The van der Waals surface area contributed by atoms with Gasteiger partial charge < -0.3 is 4.74 Å². The van der Waals surface area contributed by atoms with Crippen LogP contribution >= 0.6 is 11.6 Å². The van der Waals surface area contributed by atoms with E-state index in [1.165, 1.54) is 31.5 Å². The first kappa shape index (κ1) is 20.7. The van der Waals surface area contributed by atoms with E-state index in [9.17, 15) is 13.2 Å². The summed E-state index contributed by atoms with van der Waals surface area (Å²) in [6.07, 6.45) is 2.49. The van der Waals surface area contributed by atoms with Crippen LogP contribution in [0.2, 0.25) is 5.02 Å². The Bertz CT molecular complexity index is 944. The zero-order valence-corrected chi connectivity index (χ0v) is 16.7. The lowest BCUT2D eigenvalue weighted by Gasteiger charge is -2.21. The van der Waals surface area contributed by atoms with Crippen molar-refractivity contribution in [3.05, 3.63) is 58.6 Å². The summed E-state index contributed by atoms with van der Waals surface area (Å²) in [7, 11) is -2.26. The van der Waals surface area contributed by atoms with Crippen LogP contribution in [0.1, 0.15) is 11.1 Å². The van der Waals surface area contributed by atoms with E-state index in [1.54, 1.807) is 0 Å². The van der Waals surface area contributed by atoms with Crippen LogP contribution in [0, 0.1) is 6.92 Å². The number of anilines is 1. The zero-order valence-electron chi connectivity index (χ0n) is 15.1. The highest BCUT2D eigenvalue weighted by molar-refractivity contribution is 7.92. The van der Waals surface area contributed by atoms with E-state index in [0.717, 1.165) is 21.7 Å². The molecule has 0 fully saturated rings. The summed E-state index contributed by atoms with van der Waals surface area (Å²) in [6.45, 7) is 1.53. The fourth-order valence-electron chi connectivity index (χ4n) is 2.21. The first-order valence-corrected chi connectivity index (χ1v) is 10.1. The number of carbonyl (C=O) groups is 1. The van der Waals surface area contributed by atoms with Crippen molar-refractivity contribution in [3.63, 3.8) is 0 Å². The summed E-state index contributed by atoms with van der Waals surface area (Å²) in [6, 6.07) is 12.0. The van der Waals surface area contributed by atoms with Crippen molar-refractivity contribution in [2.75, 3.05) is 24.2 Å². The van der Waals surface area contributed by atoms with Gasteiger partial charge in [-0.1, -0.05) is 41.4 Å². The van der Waals surface area contributed by atoms with Crippen molar-refractivity contribution < 1.29 is 17.9 Å². The van der Waals surface area contributed by atoms with Crippen molar-refractivity contribution in [2.45, 2.75) is 6.92 Å². The molecule has 0 aliphatic rings. The van der Waals surface area contributed by atoms with Crippen LogP contribution < -0.4 is 14.5 Å². The van der Waals surface area contributed by atoms with Crippen LogP contribution in [0.4, 0.5) is 5.69 Å². The fraction of sp³-hybridized carbons (Fsp3) is 0.222. The molecule has 7 nitrogen and oxygen atoms in total. The summed E-state index contributed by atoms with van der Waals surface area (Å²) in [4.78, 5) is 12.1. The number of hydrogen-bond donors (Lipinski definition) is 1. The SMILES string of the molecule is COc1ccc(N(CC(=O)N/N=C\c2ccc(C)cc2)S(C)(=O)=O)cc1Cl. The molecule has 0 aliphatic heterocycles. The number of benzene rings is 2. The van der Waals surface area contributed by atoms with Gasteiger partial charge >= 0.3 is 0 Å². The molecule has 27 heavy (non-hydrogen) atoms. The number of ether oxygens (including phenoxy) is 1. The monoisotopic (exact) mass is 409 g/mol. The Hall–Kier alpha value is -2.58. The minimum absolute atomic E-state index is 0.237. The van der Waals surface area contributed by atoms with Crippen molar-refractivity contribution in [2.24, 2.45) is 5.10 Å². The lowest BCUT2D eigenvalue weighted by atomic mass is 10.2. The number of hydrogen-bond acceptors (Lipinski definition) is 5. The average molecular weight is 410 g/mol. The highest BCUT2D eigenvalue weighted by Crippen LogP contribution is 2.30. The number of rotatable bonds is 7. The normalized spacial score (nSPS) is 11.4. The molecule has 144 valence electrons. The number of nitrogens with one attached hydrogen (secondary N) is 1. The van der Waals surface area contributed by atoms with Gasteiger partial charge in [0, 0.05) is 0 Å². The van der Waals surface area contributed by atoms with E-state index in [0.29, 0.717) is 5.75 Å². The standard InChI is InChI=1S/C18H20ClN3O4S/c1-13-4-6-14(7-5-13)11-20-21-18(23)12-22(27(3,24)25)15-8-9-17(26-2)16(19)10-15/h4-11H,12H2,1-3H3,(H,21,23)/b20-11-. The Balaban J connectivity index is 2.10. The lowest BCUT2D eigenvalue weighted by Crippen LogP contribution is -2.39. The molecule has 0 bridgehead atoms.